The molecule has 0 aromatic rings. The Morgan fingerprint density at radius 2 is 1.80 bits per heavy atom. The van der Waals surface area contributed by atoms with Gasteiger partial charge in [-0.05, 0) is 0 Å². The normalized spacial score (nSPS) is 9.80. The molecule has 0 bridgehead atoms. The van der Waals surface area contributed by atoms with Crippen LogP contribution in [0.5, 0.6) is 0 Å². The number of hydrogen-bond acceptors (Lipinski definition) is 1. The van der Waals surface area contributed by atoms with Gasteiger partial charge in [-0.3, -0.25) is 0 Å². The second-order valence-electron chi connectivity index (χ2n) is 1.12. The summed E-state index contributed by atoms with van der Waals surface area (Å²) in [6.07, 6.45) is 0.372. The Bertz CT molecular complexity index is 20.9. The van der Waals surface area contributed by atoms with Gasteiger partial charge in [0.05, 0.1) is 0 Å². The summed E-state index contributed by atoms with van der Waals surface area (Å²) in [5, 5.41) is 0. The molecule has 0 aromatic carbocycles. The van der Waals surface area contributed by atoms with Crippen molar-refractivity contribution in [3.8, 4) is 0 Å². The van der Waals surface area contributed by atoms with Crippen LogP contribution in [0.25, 0.3) is 0 Å². The molecule has 0 spiro atoms. The minimum absolute atomic E-state index is 0.372. The van der Waals surface area contributed by atoms with E-state index in [1.54, 1.807) is 0 Å². The van der Waals surface area contributed by atoms with Gasteiger partial charge in [0.25, 0.3) is 0 Å². The van der Waals surface area contributed by atoms with Gasteiger partial charge in [-0.1, -0.05) is 0 Å². The van der Waals surface area contributed by atoms with Crippen LogP contribution in [0.1, 0.15) is 13.8 Å². The van der Waals surface area contributed by atoms with Crippen molar-refractivity contribution in [3.63, 3.8) is 0 Å². The topological polar surface area (TPSA) is 9.23 Å². The molecule has 5 heavy (non-hydrogen) atoms. The summed E-state index contributed by atoms with van der Waals surface area (Å²) in [4.78, 5) is 0. The Hall–Kier alpha value is 1.23. The van der Waals surface area contributed by atoms with Crippen LogP contribution in [0.2, 0.25) is 0 Å². The first-order valence-electron chi connectivity index (χ1n) is 1.52. The minimum atomic E-state index is 0.372. The third-order valence-electron chi connectivity index (χ3n) is 0.149. The third-order valence-corrected chi connectivity index (χ3v) is 1.11. The molecule has 0 saturated heterocycles. The molecule has 35 valence electrons. The molecule has 2 heteroatoms. The molecule has 0 N–H and O–H groups in total. The van der Waals surface area contributed by atoms with Gasteiger partial charge in [-0.15, -0.1) is 0 Å². The van der Waals surface area contributed by atoms with E-state index in [1.807, 2.05) is 50.6 Å². The Morgan fingerprint density at radius 1 is 1.60 bits per heavy atom. The monoisotopic (exact) mass is 223 g/mol. The van der Waals surface area contributed by atoms with Crippen molar-refractivity contribution in [1.82, 2.24) is 0 Å². The van der Waals surface area contributed by atoms with Crippen LogP contribution >= 0.6 is 0 Å². The van der Waals surface area contributed by atoms with Crippen molar-refractivity contribution in [3.05, 3.63) is 0 Å². The molecule has 0 amide bonds. The Labute approximate surface area is 57.7 Å². The van der Waals surface area contributed by atoms with E-state index in [9.17, 15) is 0 Å². The first-order valence-corrected chi connectivity index (χ1v) is 2.35. The van der Waals surface area contributed by atoms with E-state index in [2.05, 4.69) is 0 Å². The summed E-state index contributed by atoms with van der Waals surface area (Å²) in [6.45, 7) is 3.99. The fourth-order valence-electron chi connectivity index (χ4n) is 0. The zero-order valence-electron chi connectivity index (χ0n) is 3.30. The van der Waals surface area contributed by atoms with Crippen molar-refractivity contribution in [2.24, 2.45) is 0 Å². The van der Waals surface area contributed by atoms with Gasteiger partial charge in [0.2, 0.25) is 0 Å². The molecule has 0 radical (unpaired) electrons. The number of hydrogen-bond donors (Lipinski definition) is 0. The van der Waals surface area contributed by atoms with Crippen LogP contribution in [0.15, 0.2) is 0 Å². The Balaban J connectivity index is 2.54. The van der Waals surface area contributed by atoms with Gasteiger partial charge in [0.1, 0.15) is 0 Å². The summed E-state index contributed by atoms with van der Waals surface area (Å²) in [6, 6.07) is 0. The van der Waals surface area contributed by atoms with Gasteiger partial charge in [0.15, 0.2) is 0 Å². The standard InChI is InChI=1S/C3H7O.Dy/c1-3(2)4;/h3H,1-2H3;/q-1;+1. The number of rotatable bonds is 1. The van der Waals surface area contributed by atoms with E-state index in [1.165, 1.54) is 0 Å². The molecule has 0 unspecified atom stereocenters. The van der Waals surface area contributed by atoms with Gasteiger partial charge >= 0.3 is 58.1 Å². The molecule has 0 aromatic heterocycles. The Morgan fingerprint density at radius 3 is 1.80 bits per heavy atom. The molecule has 0 aliphatic carbocycles. The van der Waals surface area contributed by atoms with E-state index in [4.69, 9.17) is 1.39 Å². The van der Waals surface area contributed by atoms with Crippen LogP contribution in [0, 0.1) is 36.8 Å². The van der Waals surface area contributed by atoms with Crippen molar-refractivity contribution in [2.45, 2.75) is 20.0 Å². The molecule has 1 nitrogen and oxygen atoms in total. The molecular formula is C3H7DyO. The molecule has 0 aliphatic rings. The van der Waals surface area contributed by atoms with Crippen molar-refractivity contribution in [1.29, 1.82) is 0 Å². The summed E-state index contributed by atoms with van der Waals surface area (Å²) in [5.74, 6) is 0. The molecule has 0 heterocycles. The first-order chi connectivity index (χ1) is 2.27. The zero-order valence-corrected chi connectivity index (χ0v) is 5.33. The first kappa shape index (κ1) is 6.23. The van der Waals surface area contributed by atoms with Crippen LogP contribution in [0.4, 0.5) is 0 Å². The van der Waals surface area contributed by atoms with Crippen molar-refractivity contribution < 1.29 is 38.2 Å². The van der Waals surface area contributed by atoms with Crippen LogP contribution in [-0.2, 0) is 1.39 Å². The zero-order chi connectivity index (χ0) is 4.28. The molecule has 0 fully saturated rings. The maximum atomic E-state index is 4.72. The molecule has 0 aliphatic heterocycles. The van der Waals surface area contributed by atoms with Gasteiger partial charge < -0.3 is 0 Å². The fraction of sp³-hybridized carbons (Fsp3) is 1.00. The van der Waals surface area contributed by atoms with Crippen molar-refractivity contribution >= 4 is 0 Å². The molecular weight excluding hydrogens is 215 g/mol. The van der Waals surface area contributed by atoms with Crippen molar-refractivity contribution in [2.75, 3.05) is 0 Å². The summed E-state index contributed by atoms with van der Waals surface area (Å²) in [5.41, 5.74) is 0. The summed E-state index contributed by atoms with van der Waals surface area (Å²) >= 11 is 1.86. The predicted molar refractivity (Wildman–Crippen MR) is 16.2 cm³/mol. The van der Waals surface area contributed by atoms with E-state index in [0.717, 1.165) is 0 Å². The Kier molecular flexibility index (Phi) is 4.27. The van der Waals surface area contributed by atoms with Crippen LogP contribution < -0.4 is 0 Å². The summed E-state index contributed by atoms with van der Waals surface area (Å²) in [7, 11) is 0. The third kappa shape index (κ3) is 5.23. The van der Waals surface area contributed by atoms with E-state index in [0.29, 0.717) is 6.10 Å². The van der Waals surface area contributed by atoms with Crippen LogP contribution in [-0.4, -0.2) is 6.10 Å². The second-order valence-corrected chi connectivity index (χ2v) is 1.60. The van der Waals surface area contributed by atoms with Gasteiger partial charge in [-0.25, -0.2) is 0 Å². The maximum absolute atomic E-state index is 4.72. The van der Waals surface area contributed by atoms with Crippen LogP contribution in [0.3, 0.4) is 0 Å². The molecule has 0 saturated carbocycles. The van der Waals surface area contributed by atoms with E-state index in [-0.39, 0.29) is 0 Å². The van der Waals surface area contributed by atoms with E-state index < -0.39 is 0 Å². The van der Waals surface area contributed by atoms with Gasteiger partial charge in [0, 0.05) is 0 Å². The second kappa shape index (κ2) is 3.42. The average Bonchev–Trinajstić information content (AvgIpc) is 1.38. The predicted octanol–water partition coefficient (Wildman–Crippen LogP) is 0.876. The molecule has 0 atom stereocenters. The summed E-state index contributed by atoms with van der Waals surface area (Å²) < 4.78 is 4.72. The fourth-order valence-corrected chi connectivity index (χ4v) is 0. The average molecular weight is 222 g/mol. The van der Waals surface area contributed by atoms with Gasteiger partial charge in [-0.2, -0.15) is 0 Å². The molecule has 0 rings (SSSR count). The van der Waals surface area contributed by atoms with E-state index >= 15 is 0 Å². The quantitative estimate of drug-likeness (QED) is 0.639. The SMILES string of the molecule is CC(C)[O][Dy].